The number of carbonyl (C=O) groups is 3. The molecule has 0 aliphatic heterocycles. The Morgan fingerprint density at radius 1 is 0.935 bits per heavy atom. The van der Waals surface area contributed by atoms with Gasteiger partial charge < -0.3 is 25.8 Å². The molecular weight excluding hydrogens is 418 g/mol. The number of aliphatic hydroxyl groups is 1. The molecule has 0 saturated heterocycles. The van der Waals surface area contributed by atoms with E-state index >= 15 is 0 Å². The van der Waals surface area contributed by atoms with E-state index in [1.54, 1.807) is 12.2 Å². The second kappa shape index (κ2) is 19.8. The number of nitrogens with two attached hydrogens (primary N) is 1. The van der Waals surface area contributed by atoms with E-state index in [9.17, 15) is 19.5 Å². The average Bonchev–Trinajstić information content (AvgIpc) is 2.72. The Balaban J connectivity index is 4.47. The van der Waals surface area contributed by atoms with Crippen molar-refractivity contribution < 1.29 is 29.7 Å². The molecule has 5 N–H and O–H groups in total. The van der Waals surface area contributed by atoms with Gasteiger partial charge in [0.15, 0.2) is 0 Å². The normalized spacial score (nSPS) is 15.2. The second-order valence-electron chi connectivity index (χ2n) is 6.95. The van der Waals surface area contributed by atoms with Gasteiger partial charge in [0, 0.05) is 23.8 Å². The van der Waals surface area contributed by atoms with Gasteiger partial charge in [-0.1, -0.05) is 48.6 Å². The van der Waals surface area contributed by atoms with Gasteiger partial charge >= 0.3 is 11.9 Å². The van der Waals surface area contributed by atoms with Gasteiger partial charge in [-0.25, -0.2) is 0 Å². The summed E-state index contributed by atoms with van der Waals surface area (Å²) in [6, 6.07) is -1.02. The van der Waals surface area contributed by atoms with Gasteiger partial charge in [-0.05, 0) is 38.5 Å². The number of rotatable bonds is 19. The number of aliphatic hydroxyl groups excluding tert-OH is 1. The zero-order chi connectivity index (χ0) is 23.3. The lowest BCUT2D eigenvalue weighted by Crippen LogP contribution is -2.34. The predicted octanol–water partition coefficient (Wildman–Crippen LogP) is 3.49. The molecule has 0 saturated carbocycles. The third-order valence-electron chi connectivity index (χ3n) is 4.21. The molecule has 3 atom stereocenters. The molecule has 7 nitrogen and oxygen atoms in total. The molecule has 0 aromatic carbocycles. The van der Waals surface area contributed by atoms with Gasteiger partial charge in [0.25, 0.3) is 0 Å². The summed E-state index contributed by atoms with van der Waals surface area (Å²) in [5, 5.41) is 27.6. The maximum atomic E-state index is 10.9. The van der Waals surface area contributed by atoms with Gasteiger partial charge in [0.1, 0.15) is 12.3 Å². The summed E-state index contributed by atoms with van der Waals surface area (Å²) < 4.78 is 0. The lowest BCUT2D eigenvalue weighted by molar-refractivity contribution is -0.138. The van der Waals surface area contributed by atoms with Crippen molar-refractivity contribution in [2.45, 2.75) is 68.8 Å². The lowest BCUT2D eigenvalue weighted by atomic mass is 10.1. The maximum absolute atomic E-state index is 10.9. The minimum absolute atomic E-state index is 0.0231. The Morgan fingerprint density at radius 2 is 1.65 bits per heavy atom. The fourth-order valence-corrected chi connectivity index (χ4v) is 3.58. The number of carbonyl (C=O) groups excluding carboxylic acids is 1. The third-order valence-corrected chi connectivity index (χ3v) is 5.61. The number of hydrogen-bond donors (Lipinski definition) is 4. The molecule has 8 heteroatoms. The molecule has 0 amide bonds. The summed E-state index contributed by atoms with van der Waals surface area (Å²) in [4.78, 5) is 31.7. The number of allylic oxidation sites excluding steroid dienone is 7. The van der Waals surface area contributed by atoms with Crippen LogP contribution >= 0.6 is 11.8 Å². The molecule has 0 aliphatic rings. The van der Waals surface area contributed by atoms with E-state index in [1.807, 2.05) is 24.3 Å². The van der Waals surface area contributed by atoms with Gasteiger partial charge in [0.05, 0.1) is 6.10 Å². The van der Waals surface area contributed by atoms with E-state index < -0.39 is 24.1 Å². The van der Waals surface area contributed by atoms with Crippen LogP contribution in [0.15, 0.2) is 48.6 Å². The number of aldehydes is 1. The van der Waals surface area contributed by atoms with Crippen LogP contribution in [0.5, 0.6) is 0 Å². The van der Waals surface area contributed by atoms with E-state index in [0.717, 1.165) is 32.0 Å². The number of aliphatic carboxylic acids is 2. The molecule has 3 unspecified atom stereocenters. The molecule has 31 heavy (non-hydrogen) atoms. The van der Waals surface area contributed by atoms with Crippen molar-refractivity contribution in [3.63, 3.8) is 0 Å². The molecule has 0 aromatic rings. The third kappa shape index (κ3) is 18.3. The Hall–Kier alpha value is -2.16. The van der Waals surface area contributed by atoms with Crippen LogP contribution in [0.25, 0.3) is 0 Å². The van der Waals surface area contributed by atoms with Crippen LogP contribution < -0.4 is 5.73 Å². The highest BCUT2D eigenvalue weighted by molar-refractivity contribution is 8.00. The summed E-state index contributed by atoms with van der Waals surface area (Å²) in [5.74, 6) is -1.87. The smallest absolute Gasteiger partial charge is 0.321 e. The number of carboxylic acids is 2. The van der Waals surface area contributed by atoms with Crippen molar-refractivity contribution in [2.75, 3.05) is 5.75 Å². The van der Waals surface area contributed by atoms with Crippen molar-refractivity contribution in [3.8, 4) is 0 Å². The van der Waals surface area contributed by atoms with Crippen molar-refractivity contribution in [1.29, 1.82) is 0 Å². The average molecular weight is 454 g/mol. The number of hydrogen-bond acceptors (Lipinski definition) is 6. The summed E-state index contributed by atoms with van der Waals surface area (Å²) in [6.07, 6.45) is 20.4. The lowest BCUT2D eigenvalue weighted by Gasteiger charge is -2.20. The highest BCUT2D eigenvalue weighted by atomic mass is 32.2. The first kappa shape index (κ1) is 28.8. The molecule has 0 aliphatic carbocycles. The van der Waals surface area contributed by atoms with Crippen LogP contribution in [-0.4, -0.2) is 56.7 Å². The van der Waals surface area contributed by atoms with Gasteiger partial charge in [-0.2, -0.15) is 0 Å². The second-order valence-corrected chi connectivity index (χ2v) is 8.16. The van der Waals surface area contributed by atoms with Crippen LogP contribution in [0, 0.1) is 0 Å². The number of carboxylic acid groups (broad SMARTS) is 2. The first-order valence-electron chi connectivity index (χ1n) is 10.5. The van der Waals surface area contributed by atoms with Crippen molar-refractivity contribution in [1.82, 2.24) is 0 Å². The molecule has 174 valence electrons. The number of thioether (sulfide) groups is 1. The highest BCUT2D eigenvalue weighted by Gasteiger charge is 2.20. The molecule has 0 aromatic heterocycles. The maximum Gasteiger partial charge on any atom is 0.321 e. The first-order valence-corrected chi connectivity index (χ1v) is 11.5. The number of unbranched alkanes of at least 4 members (excludes halogenated alkanes) is 3. The van der Waals surface area contributed by atoms with Gasteiger partial charge in [-0.3, -0.25) is 9.59 Å². The Labute approximate surface area is 188 Å². The Morgan fingerprint density at radius 3 is 2.32 bits per heavy atom. The molecule has 0 rings (SSSR count). The van der Waals surface area contributed by atoms with E-state index in [4.69, 9.17) is 15.9 Å². The quantitative estimate of drug-likeness (QED) is 0.101. The minimum atomic E-state index is -1.10. The van der Waals surface area contributed by atoms with Crippen LogP contribution in [0.1, 0.15) is 51.4 Å². The van der Waals surface area contributed by atoms with Crippen LogP contribution in [0.3, 0.4) is 0 Å². The Bertz CT molecular complexity index is 630. The zero-order valence-electron chi connectivity index (χ0n) is 17.8. The molecule has 0 bridgehead atoms. The standard InChI is InChI=1S/C23H35NO6S/c24-19(23(29)30)18-31-21(20(26)14-13-16-22(27)28)15-11-9-7-5-3-1-2-4-6-8-10-12-17-25/h2-5,7,9,11,15,17,19-21,26H,1,6,8,10,12-14,16,18,24H2,(H,27,28)(H,29,30). The van der Waals surface area contributed by atoms with Crippen molar-refractivity contribution in [3.05, 3.63) is 48.6 Å². The van der Waals surface area contributed by atoms with Crippen LogP contribution in [0.2, 0.25) is 0 Å². The van der Waals surface area contributed by atoms with E-state index in [0.29, 0.717) is 19.3 Å². The predicted molar refractivity (Wildman–Crippen MR) is 125 cm³/mol. The highest BCUT2D eigenvalue weighted by Crippen LogP contribution is 2.21. The SMILES string of the molecule is NC(CSC(C=CC=CC=CCC=CCCCCC=O)C(O)CCCC(=O)O)C(=O)O. The van der Waals surface area contributed by atoms with E-state index in [-0.39, 0.29) is 17.4 Å². The molecular formula is C23H35NO6S. The van der Waals surface area contributed by atoms with Crippen LogP contribution in [0.4, 0.5) is 0 Å². The molecule has 0 fully saturated rings. The summed E-state index contributed by atoms with van der Waals surface area (Å²) in [5.41, 5.74) is 5.53. The van der Waals surface area contributed by atoms with E-state index in [1.165, 1.54) is 11.8 Å². The topological polar surface area (TPSA) is 138 Å². The monoisotopic (exact) mass is 453 g/mol. The fourth-order valence-electron chi connectivity index (χ4n) is 2.45. The largest absolute Gasteiger partial charge is 0.481 e. The van der Waals surface area contributed by atoms with Crippen molar-refractivity contribution >= 4 is 30.0 Å². The summed E-state index contributed by atoms with van der Waals surface area (Å²) in [7, 11) is 0. The first-order chi connectivity index (χ1) is 14.9. The summed E-state index contributed by atoms with van der Waals surface area (Å²) >= 11 is 1.24. The molecule has 0 heterocycles. The Kier molecular flexibility index (Phi) is 18.4. The molecule has 0 spiro atoms. The zero-order valence-corrected chi connectivity index (χ0v) is 18.7. The van der Waals surface area contributed by atoms with Gasteiger partial charge in [0.2, 0.25) is 0 Å². The summed E-state index contributed by atoms with van der Waals surface area (Å²) in [6.45, 7) is 0. The fraction of sp³-hybridized carbons (Fsp3) is 0.522. The molecule has 0 radical (unpaired) electrons. The van der Waals surface area contributed by atoms with Crippen LogP contribution in [-0.2, 0) is 14.4 Å². The van der Waals surface area contributed by atoms with Gasteiger partial charge in [-0.15, -0.1) is 11.8 Å². The minimum Gasteiger partial charge on any atom is -0.481 e. The van der Waals surface area contributed by atoms with E-state index in [2.05, 4.69) is 12.2 Å². The van der Waals surface area contributed by atoms with Crippen molar-refractivity contribution in [2.24, 2.45) is 5.73 Å².